The van der Waals surface area contributed by atoms with Crippen LogP contribution in [-0.4, -0.2) is 63.3 Å². The molecular weight excluding hydrogens is 367 g/mol. The lowest BCUT2D eigenvalue weighted by Gasteiger charge is -2.38. The molecule has 0 saturated carbocycles. The van der Waals surface area contributed by atoms with Gasteiger partial charge in [0.15, 0.2) is 5.96 Å². The molecule has 1 aromatic carbocycles. The Labute approximate surface area is 175 Å². The maximum absolute atomic E-state index is 13.9. The van der Waals surface area contributed by atoms with Gasteiger partial charge in [0, 0.05) is 51.4 Å². The van der Waals surface area contributed by atoms with Gasteiger partial charge in [-0.25, -0.2) is 4.39 Å². The largest absolute Gasteiger partial charge is 0.381 e. The lowest BCUT2D eigenvalue weighted by atomic mass is 9.74. The first kappa shape index (κ1) is 22.0. The first-order chi connectivity index (χ1) is 14.2. The second-order valence-corrected chi connectivity index (χ2v) is 8.35. The average Bonchev–Trinajstić information content (AvgIpc) is 2.77. The van der Waals surface area contributed by atoms with Crippen LogP contribution in [0.5, 0.6) is 0 Å². The number of likely N-dealkylation sites (tertiary alicyclic amines) is 1. The van der Waals surface area contributed by atoms with Crippen LogP contribution in [0.1, 0.15) is 51.0 Å². The molecule has 29 heavy (non-hydrogen) atoms. The zero-order chi connectivity index (χ0) is 20.5. The van der Waals surface area contributed by atoms with Crippen molar-refractivity contribution in [1.29, 1.82) is 0 Å². The van der Waals surface area contributed by atoms with Crippen molar-refractivity contribution in [1.82, 2.24) is 15.5 Å². The van der Waals surface area contributed by atoms with Crippen molar-refractivity contribution >= 4 is 5.96 Å². The Balaban J connectivity index is 1.55. The molecule has 1 aromatic rings. The molecule has 2 aliphatic rings. The van der Waals surface area contributed by atoms with Crippen molar-refractivity contribution in [2.45, 2.75) is 56.9 Å². The van der Waals surface area contributed by atoms with E-state index in [1.54, 1.807) is 12.1 Å². The zero-order valence-corrected chi connectivity index (χ0v) is 18.1. The standard InChI is InChI=1S/C23H37FN4O/c1-3-21-9-4-5-13-28(21)14-12-26-22(25-2)27-18-23(10-15-29-16-11-23)19-7-6-8-20(24)17-19/h6-8,17,21H,3-5,9-16,18H2,1-2H3,(H2,25,26,27). The highest BCUT2D eigenvalue weighted by atomic mass is 19.1. The van der Waals surface area contributed by atoms with Crippen molar-refractivity contribution in [3.63, 3.8) is 0 Å². The normalized spacial score (nSPS) is 23.0. The number of rotatable bonds is 7. The Hall–Kier alpha value is -1.66. The summed E-state index contributed by atoms with van der Waals surface area (Å²) in [5.41, 5.74) is 0.917. The fourth-order valence-corrected chi connectivity index (χ4v) is 4.76. The Kier molecular flexibility index (Phi) is 8.30. The van der Waals surface area contributed by atoms with Crippen molar-refractivity contribution < 1.29 is 9.13 Å². The van der Waals surface area contributed by atoms with Crippen molar-refractivity contribution in [3.05, 3.63) is 35.6 Å². The maximum Gasteiger partial charge on any atom is 0.191 e. The summed E-state index contributed by atoms with van der Waals surface area (Å²) in [4.78, 5) is 7.01. The number of benzene rings is 1. The van der Waals surface area contributed by atoms with Crippen LogP contribution in [0, 0.1) is 5.82 Å². The van der Waals surface area contributed by atoms with Crippen LogP contribution in [0.15, 0.2) is 29.3 Å². The first-order valence-electron chi connectivity index (χ1n) is 11.2. The van der Waals surface area contributed by atoms with Gasteiger partial charge in [-0.1, -0.05) is 25.5 Å². The van der Waals surface area contributed by atoms with Crippen LogP contribution in [0.25, 0.3) is 0 Å². The molecule has 0 radical (unpaired) electrons. The number of halogens is 1. The van der Waals surface area contributed by atoms with Gasteiger partial charge < -0.3 is 15.4 Å². The number of hydrogen-bond acceptors (Lipinski definition) is 3. The lowest BCUT2D eigenvalue weighted by molar-refractivity contribution is 0.0512. The number of guanidine groups is 1. The van der Waals surface area contributed by atoms with Crippen LogP contribution in [0.2, 0.25) is 0 Å². The Morgan fingerprint density at radius 2 is 2.10 bits per heavy atom. The van der Waals surface area contributed by atoms with E-state index in [0.29, 0.717) is 13.2 Å². The molecule has 2 N–H and O–H groups in total. The number of ether oxygens (including phenoxy) is 1. The molecule has 2 saturated heterocycles. The minimum atomic E-state index is -0.178. The number of hydrogen-bond donors (Lipinski definition) is 2. The molecule has 162 valence electrons. The fourth-order valence-electron chi connectivity index (χ4n) is 4.76. The SMILES string of the molecule is CCC1CCCCN1CCNC(=NC)NCC1(c2cccc(F)c2)CCOCC1. The van der Waals surface area contributed by atoms with E-state index in [4.69, 9.17) is 4.74 Å². The summed E-state index contributed by atoms with van der Waals surface area (Å²) in [5, 5.41) is 6.98. The van der Waals surface area contributed by atoms with Gasteiger partial charge >= 0.3 is 0 Å². The topological polar surface area (TPSA) is 48.9 Å². The summed E-state index contributed by atoms with van der Waals surface area (Å²) < 4.78 is 19.5. The molecule has 0 spiro atoms. The van der Waals surface area contributed by atoms with Gasteiger partial charge in [-0.05, 0) is 56.3 Å². The highest BCUT2D eigenvalue weighted by molar-refractivity contribution is 5.79. The second-order valence-electron chi connectivity index (χ2n) is 8.35. The minimum Gasteiger partial charge on any atom is -0.381 e. The van der Waals surface area contributed by atoms with Gasteiger partial charge in [0.2, 0.25) is 0 Å². The lowest BCUT2D eigenvalue weighted by Crippen LogP contribution is -2.50. The van der Waals surface area contributed by atoms with E-state index in [1.807, 2.05) is 13.1 Å². The van der Waals surface area contributed by atoms with Gasteiger partial charge in [-0.2, -0.15) is 0 Å². The van der Waals surface area contributed by atoms with E-state index in [-0.39, 0.29) is 11.2 Å². The van der Waals surface area contributed by atoms with E-state index in [2.05, 4.69) is 27.4 Å². The molecule has 3 rings (SSSR count). The summed E-state index contributed by atoms with van der Waals surface area (Å²) in [6.07, 6.45) is 6.98. The van der Waals surface area contributed by atoms with Crippen LogP contribution >= 0.6 is 0 Å². The number of aliphatic imine (C=N–C) groups is 1. The molecule has 0 aromatic heterocycles. The summed E-state index contributed by atoms with van der Waals surface area (Å²) in [7, 11) is 1.81. The van der Waals surface area contributed by atoms with Gasteiger partial charge in [-0.3, -0.25) is 9.89 Å². The predicted molar refractivity (Wildman–Crippen MR) is 117 cm³/mol. The molecule has 1 unspecified atom stereocenters. The molecular formula is C23H37FN4O. The molecule has 2 aliphatic heterocycles. The highest BCUT2D eigenvalue weighted by Gasteiger charge is 2.35. The number of nitrogens with one attached hydrogen (secondary N) is 2. The minimum absolute atomic E-state index is 0.127. The van der Waals surface area contributed by atoms with Crippen LogP contribution in [-0.2, 0) is 10.2 Å². The zero-order valence-electron chi connectivity index (χ0n) is 18.1. The fraction of sp³-hybridized carbons (Fsp3) is 0.696. The van der Waals surface area contributed by atoms with E-state index in [9.17, 15) is 4.39 Å². The Bertz CT molecular complexity index is 660. The van der Waals surface area contributed by atoms with E-state index in [0.717, 1.165) is 50.0 Å². The third-order valence-corrected chi connectivity index (χ3v) is 6.62. The molecule has 5 nitrogen and oxygen atoms in total. The smallest absolute Gasteiger partial charge is 0.191 e. The molecule has 0 aliphatic carbocycles. The Morgan fingerprint density at radius 3 is 2.83 bits per heavy atom. The second kappa shape index (κ2) is 10.9. The first-order valence-corrected chi connectivity index (χ1v) is 11.2. The van der Waals surface area contributed by atoms with Gasteiger partial charge in [0.05, 0.1) is 0 Å². The Morgan fingerprint density at radius 1 is 1.28 bits per heavy atom. The third kappa shape index (κ3) is 5.92. The molecule has 2 fully saturated rings. The summed E-state index contributed by atoms with van der Waals surface area (Å²) in [6.45, 7) is 7.55. The summed E-state index contributed by atoms with van der Waals surface area (Å²) in [5.74, 6) is 0.639. The summed E-state index contributed by atoms with van der Waals surface area (Å²) >= 11 is 0. The molecule has 6 heteroatoms. The van der Waals surface area contributed by atoms with Gasteiger partial charge in [-0.15, -0.1) is 0 Å². The quantitative estimate of drug-likeness (QED) is 0.541. The molecule has 0 amide bonds. The van der Waals surface area contributed by atoms with Crippen molar-refractivity contribution in [2.75, 3.05) is 46.4 Å². The monoisotopic (exact) mass is 404 g/mol. The third-order valence-electron chi connectivity index (χ3n) is 6.62. The van der Waals surface area contributed by atoms with Crippen LogP contribution < -0.4 is 10.6 Å². The number of piperidine rings is 1. The average molecular weight is 405 g/mol. The predicted octanol–water partition coefficient (Wildman–Crippen LogP) is 3.30. The van der Waals surface area contributed by atoms with Crippen LogP contribution in [0.4, 0.5) is 4.39 Å². The van der Waals surface area contributed by atoms with Gasteiger partial charge in [0.1, 0.15) is 5.82 Å². The van der Waals surface area contributed by atoms with E-state index < -0.39 is 0 Å². The summed E-state index contributed by atoms with van der Waals surface area (Å²) in [6, 6.07) is 7.74. The van der Waals surface area contributed by atoms with Crippen LogP contribution in [0.3, 0.4) is 0 Å². The molecule has 2 heterocycles. The van der Waals surface area contributed by atoms with Gasteiger partial charge in [0.25, 0.3) is 0 Å². The maximum atomic E-state index is 13.9. The van der Waals surface area contributed by atoms with Crippen molar-refractivity contribution in [2.24, 2.45) is 4.99 Å². The van der Waals surface area contributed by atoms with E-state index in [1.165, 1.54) is 38.3 Å². The molecule has 1 atom stereocenters. The highest BCUT2D eigenvalue weighted by Crippen LogP contribution is 2.34. The molecule has 0 bridgehead atoms. The van der Waals surface area contributed by atoms with E-state index >= 15 is 0 Å². The number of nitrogens with zero attached hydrogens (tertiary/aromatic N) is 2. The van der Waals surface area contributed by atoms with Crippen molar-refractivity contribution in [3.8, 4) is 0 Å².